The molecule has 34 heavy (non-hydrogen) atoms. The van der Waals surface area contributed by atoms with Gasteiger partial charge in [0.2, 0.25) is 0 Å². The lowest BCUT2D eigenvalue weighted by Gasteiger charge is -2.24. The van der Waals surface area contributed by atoms with E-state index in [9.17, 15) is 9.18 Å². The Bertz CT molecular complexity index is 1330. The van der Waals surface area contributed by atoms with E-state index in [1.165, 1.54) is 12.1 Å². The van der Waals surface area contributed by atoms with Crippen LogP contribution < -0.4 is 0 Å². The normalized spacial score (nSPS) is 12.2. The van der Waals surface area contributed by atoms with Crippen molar-refractivity contribution < 1.29 is 9.18 Å². The summed E-state index contributed by atoms with van der Waals surface area (Å²) in [5.41, 5.74) is 4.50. The predicted molar refractivity (Wildman–Crippen MR) is 131 cm³/mol. The number of aromatic nitrogens is 5. The highest BCUT2D eigenvalue weighted by atomic mass is 32.1. The smallest absolute Gasteiger partial charge is 0.257 e. The van der Waals surface area contributed by atoms with Crippen molar-refractivity contribution in [3.63, 3.8) is 0 Å². The molecule has 0 bridgehead atoms. The Labute approximate surface area is 202 Å². The topological polar surface area (TPSA) is 76.8 Å². The van der Waals surface area contributed by atoms with Crippen molar-refractivity contribution in [2.45, 2.75) is 46.6 Å². The SMILES string of the molecule is Cc1csc(C(C)N(C)C(=O)c2cnn(-c3ncc(C)c(-c4ccc(F)cc4)n3)c2C(C)C)n1. The summed E-state index contributed by atoms with van der Waals surface area (Å²) in [4.78, 5) is 28.9. The second-order valence-corrected chi connectivity index (χ2v) is 9.53. The van der Waals surface area contributed by atoms with Gasteiger partial charge in [-0.05, 0) is 56.5 Å². The van der Waals surface area contributed by atoms with Crippen molar-refractivity contribution in [3.8, 4) is 17.2 Å². The third-order valence-corrected chi connectivity index (χ3v) is 6.88. The Morgan fingerprint density at radius 2 is 1.79 bits per heavy atom. The van der Waals surface area contributed by atoms with Crippen molar-refractivity contribution in [2.75, 3.05) is 7.05 Å². The zero-order chi connectivity index (χ0) is 24.6. The van der Waals surface area contributed by atoms with Gasteiger partial charge in [0.25, 0.3) is 11.9 Å². The molecule has 0 spiro atoms. The van der Waals surface area contributed by atoms with Crippen LogP contribution in [0.15, 0.2) is 42.0 Å². The van der Waals surface area contributed by atoms with Gasteiger partial charge in [-0.2, -0.15) is 5.10 Å². The summed E-state index contributed by atoms with van der Waals surface area (Å²) >= 11 is 1.54. The molecule has 0 aliphatic heterocycles. The van der Waals surface area contributed by atoms with Gasteiger partial charge in [0, 0.05) is 29.9 Å². The van der Waals surface area contributed by atoms with Crippen LogP contribution in [0, 0.1) is 19.7 Å². The number of hydrogen-bond donors (Lipinski definition) is 0. The number of rotatable bonds is 6. The Balaban J connectivity index is 1.72. The first-order valence-electron chi connectivity index (χ1n) is 11.0. The molecule has 4 aromatic rings. The van der Waals surface area contributed by atoms with Crippen LogP contribution in [0.3, 0.4) is 0 Å². The number of carbonyl (C=O) groups excluding carboxylic acids is 1. The molecule has 0 N–H and O–H groups in total. The molecule has 1 amide bonds. The first kappa shape index (κ1) is 23.7. The monoisotopic (exact) mass is 478 g/mol. The molecular weight excluding hydrogens is 451 g/mol. The third kappa shape index (κ3) is 4.48. The second kappa shape index (κ2) is 9.42. The lowest BCUT2D eigenvalue weighted by atomic mass is 10.0. The molecule has 3 aromatic heterocycles. The maximum Gasteiger partial charge on any atom is 0.257 e. The van der Waals surface area contributed by atoms with Crippen molar-refractivity contribution >= 4 is 17.2 Å². The summed E-state index contributed by atoms with van der Waals surface area (Å²) in [5.74, 6) is -0.0919. The van der Waals surface area contributed by atoms with Crippen LogP contribution in [-0.4, -0.2) is 42.6 Å². The Kier molecular flexibility index (Phi) is 6.56. The van der Waals surface area contributed by atoms with E-state index in [0.29, 0.717) is 17.2 Å². The largest absolute Gasteiger partial charge is 0.332 e. The van der Waals surface area contributed by atoms with E-state index in [1.807, 2.05) is 40.0 Å². The van der Waals surface area contributed by atoms with Gasteiger partial charge in [0.15, 0.2) is 0 Å². The standard InChI is InChI=1S/C25H27FN6OS/c1-14(2)22-20(24(33)31(6)17(5)23-29-16(4)13-34-23)12-28-32(22)25-27-11-15(3)21(30-25)18-7-9-19(26)10-8-18/h7-14,17H,1-6H3. The zero-order valence-electron chi connectivity index (χ0n) is 20.1. The van der Waals surface area contributed by atoms with Crippen molar-refractivity contribution in [3.05, 3.63) is 75.4 Å². The molecule has 3 heterocycles. The van der Waals surface area contributed by atoms with Gasteiger partial charge in [-0.25, -0.2) is 24.0 Å². The summed E-state index contributed by atoms with van der Waals surface area (Å²) < 4.78 is 15.0. The Hall–Kier alpha value is -3.46. The fourth-order valence-electron chi connectivity index (χ4n) is 3.77. The van der Waals surface area contributed by atoms with Crippen LogP contribution in [0.5, 0.6) is 0 Å². The lowest BCUT2D eigenvalue weighted by molar-refractivity contribution is 0.0740. The molecule has 1 atom stereocenters. The molecule has 4 rings (SSSR count). The van der Waals surface area contributed by atoms with E-state index in [2.05, 4.69) is 15.1 Å². The summed E-state index contributed by atoms with van der Waals surface area (Å²) in [6.07, 6.45) is 3.29. The van der Waals surface area contributed by atoms with Gasteiger partial charge >= 0.3 is 0 Å². The molecule has 0 aliphatic carbocycles. The molecule has 1 unspecified atom stereocenters. The highest BCUT2D eigenvalue weighted by Gasteiger charge is 2.28. The molecular formula is C25H27FN6OS. The van der Waals surface area contributed by atoms with E-state index in [0.717, 1.165) is 27.5 Å². The van der Waals surface area contributed by atoms with Crippen LogP contribution >= 0.6 is 11.3 Å². The zero-order valence-corrected chi connectivity index (χ0v) is 20.9. The van der Waals surface area contributed by atoms with Crippen molar-refractivity contribution in [2.24, 2.45) is 0 Å². The second-order valence-electron chi connectivity index (χ2n) is 8.64. The Morgan fingerprint density at radius 1 is 1.09 bits per heavy atom. The molecule has 1 aromatic carbocycles. The fourth-order valence-corrected chi connectivity index (χ4v) is 4.66. The van der Waals surface area contributed by atoms with Crippen LogP contribution in [0.1, 0.15) is 65.0 Å². The molecule has 7 nitrogen and oxygen atoms in total. The fraction of sp³-hybridized carbons (Fsp3) is 0.320. The van der Waals surface area contributed by atoms with Crippen molar-refractivity contribution in [1.29, 1.82) is 0 Å². The van der Waals surface area contributed by atoms with Gasteiger partial charge < -0.3 is 4.90 Å². The van der Waals surface area contributed by atoms with Crippen LogP contribution in [-0.2, 0) is 0 Å². The maximum absolute atomic E-state index is 13.5. The highest BCUT2D eigenvalue weighted by Crippen LogP contribution is 2.29. The van der Waals surface area contributed by atoms with Crippen LogP contribution in [0.25, 0.3) is 17.2 Å². The molecule has 0 radical (unpaired) electrons. The number of benzene rings is 1. The highest BCUT2D eigenvalue weighted by molar-refractivity contribution is 7.09. The minimum atomic E-state index is -0.306. The number of amides is 1. The minimum absolute atomic E-state index is 0.00793. The summed E-state index contributed by atoms with van der Waals surface area (Å²) in [6.45, 7) is 9.82. The first-order valence-corrected chi connectivity index (χ1v) is 11.9. The van der Waals surface area contributed by atoms with E-state index in [4.69, 9.17) is 4.98 Å². The summed E-state index contributed by atoms with van der Waals surface area (Å²) in [6, 6.07) is 6.01. The van der Waals surface area contributed by atoms with Gasteiger partial charge in [-0.15, -0.1) is 11.3 Å². The number of halogens is 1. The van der Waals surface area contributed by atoms with E-state index in [1.54, 1.807) is 52.5 Å². The predicted octanol–water partition coefficient (Wildman–Crippen LogP) is 5.50. The number of hydrogen-bond acceptors (Lipinski definition) is 6. The number of aryl methyl sites for hydroxylation is 2. The maximum atomic E-state index is 13.5. The van der Waals surface area contributed by atoms with E-state index < -0.39 is 0 Å². The summed E-state index contributed by atoms with van der Waals surface area (Å²) in [7, 11) is 1.78. The summed E-state index contributed by atoms with van der Waals surface area (Å²) in [5, 5.41) is 7.37. The number of nitrogens with zero attached hydrogens (tertiary/aromatic N) is 6. The first-order chi connectivity index (χ1) is 16.2. The quantitative estimate of drug-likeness (QED) is 0.366. The van der Waals surface area contributed by atoms with E-state index >= 15 is 0 Å². The van der Waals surface area contributed by atoms with Crippen LogP contribution in [0.4, 0.5) is 4.39 Å². The number of thiazole rings is 1. The van der Waals surface area contributed by atoms with Gasteiger partial charge in [0.1, 0.15) is 10.8 Å². The van der Waals surface area contributed by atoms with Gasteiger partial charge in [-0.1, -0.05) is 13.8 Å². The van der Waals surface area contributed by atoms with Crippen LogP contribution in [0.2, 0.25) is 0 Å². The molecule has 9 heteroatoms. The lowest BCUT2D eigenvalue weighted by Crippen LogP contribution is -2.30. The molecule has 0 fully saturated rings. The van der Waals surface area contributed by atoms with Gasteiger partial charge in [-0.3, -0.25) is 4.79 Å². The molecule has 0 saturated carbocycles. The molecule has 0 aliphatic rings. The van der Waals surface area contributed by atoms with Crippen molar-refractivity contribution in [1.82, 2.24) is 29.6 Å². The third-order valence-electron chi connectivity index (χ3n) is 5.75. The number of carbonyl (C=O) groups is 1. The Morgan fingerprint density at radius 3 is 2.41 bits per heavy atom. The molecule has 0 saturated heterocycles. The average Bonchev–Trinajstić information content (AvgIpc) is 3.45. The van der Waals surface area contributed by atoms with E-state index in [-0.39, 0.29) is 23.7 Å². The van der Waals surface area contributed by atoms with Gasteiger partial charge in [0.05, 0.1) is 29.2 Å². The molecule has 176 valence electrons. The average molecular weight is 479 g/mol. The minimum Gasteiger partial charge on any atom is -0.332 e.